The highest BCUT2D eigenvalue weighted by molar-refractivity contribution is 7.89. The van der Waals surface area contributed by atoms with Gasteiger partial charge in [-0.25, -0.2) is 12.8 Å². The highest BCUT2D eigenvalue weighted by atomic mass is 32.2. The molecule has 0 aromatic heterocycles. The SMILES string of the molecule is COc1cccc2c1/C(=N/O)CN(CCCN1CCC(C(=O)c3ccc(F)cc3)CC1)S2(=O)=O. The van der Waals surface area contributed by atoms with Gasteiger partial charge in [-0.2, -0.15) is 4.31 Å². The van der Waals surface area contributed by atoms with E-state index in [0.29, 0.717) is 42.7 Å². The monoisotopic (exact) mass is 489 g/mol. The summed E-state index contributed by atoms with van der Waals surface area (Å²) in [5.41, 5.74) is 1.09. The molecule has 2 aliphatic heterocycles. The molecule has 8 nitrogen and oxygen atoms in total. The Hall–Kier alpha value is -2.82. The minimum atomic E-state index is -3.74. The molecule has 0 aliphatic carbocycles. The van der Waals surface area contributed by atoms with Crippen molar-refractivity contribution < 1.29 is 27.5 Å². The maximum absolute atomic E-state index is 13.1. The van der Waals surface area contributed by atoms with Crippen LogP contribution < -0.4 is 4.74 Å². The number of likely N-dealkylation sites (tertiary alicyclic amines) is 1. The fraction of sp³-hybridized carbons (Fsp3) is 0.417. The van der Waals surface area contributed by atoms with Crippen LogP contribution in [0.25, 0.3) is 0 Å². The van der Waals surface area contributed by atoms with Crippen molar-refractivity contribution in [2.24, 2.45) is 11.1 Å². The van der Waals surface area contributed by atoms with Crippen LogP contribution in [0.2, 0.25) is 0 Å². The number of sulfonamides is 1. The summed E-state index contributed by atoms with van der Waals surface area (Å²) >= 11 is 0. The summed E-state index contributed by atoms with van der Waals surface area (Å²) in [6.07, 6.45) is 2.03. The maximum atomic E-state index is 13.1. The van der Waals surface area contributed by atoms with Gasteiger partial charge in [-0.05, 0) is 75.3 Å². The number of ether oxygens (including phenoxy) is 1. The Kier molecular flexibility index (Phi) is 7.30. The van der Waals surface area contributed by atoms with Gasteiger partial charge in [-0.15, -0.1) is 0 Å². The van der Waals surface area contributed by atoms with Gasteiger partial charge in [0, 0.05) is 18.0 Å². The van der Waals surface area contributed by atoms with Crippen molar-refractivity contribution in [1.29, 1.82) is 0 Å². The first-order chi connectivity index (χ1) is 16.3. The first kappa shape index (κ1) is 24.3. The molecule has 1 saturated heterocycles. The third-order valence-corrected chi connectivity index (χ3v) is 8.42. The van der Waals surface area contributed by atoms with E-state index < -0.39 is 10.0 Å². The van der Waals surface area contributed by atoms with Crippen LogP contribution >= 0.6 is 0 Å². The molecule has 0 atom stereocenters. The number of benzene rings is 2. The number of fused-ring (bicyclic) bond motifs is 1. The predicted octanol–water partition coefficient (Wildman–Crippen LogP) is 3.00. The second-order valence-corrected chi connectivity index (χ2v) is 10.5. The van der Waals surface area contributed by atoms with Crippen LogP contribution in [0.5, 0.6) is 5.75 Å². The number of rotatable bonds is 7. The van der Waals surface area contributed by atoms with Crippen molar-refractivity contribution in [1.82, 2.24) is 9.21 Å². The average Bonchev–Trinajstić information content (AvgIpc) is 2.85. The van der Waals surface area contributed by atoms with Gasteiger partial charge in [0.25, 0.3) is 0 Å². The molecule has 0 unspecified atom stereocenters. The molecule has 0 saturated carbocycles. The molecule has 2 aromatic rings. The summed E-state index contributed by atoms with van der Waals surface area (Å²) in [6, 6.07) is 10.4. The standard InChI is InChI=1S/C24H28FN3O5S/c1-33-21-4-2-5-22-23(21)20(26-30)16-28(34(22,31)32)13-3-12-27-14-10-18(11-15-27)24(29)17-6-8-19(25)9-7-17/h2,4-9,18,30H,3,10-16H2,1H3/b26-20+. The van der Waals surface area contributed by atoms with Gasteiger partial charge in [0.2, 0.25) is 10.0 Å². The van der Waals surface area contributed by atoms with Crippen molar-refractivity contribution in [3.8, 4) is 5.75 Å². The molecule has 0 radical (unpaired) electrons. The predicted molar refractivity (Wildman–Crippen MR) is 125 cm³/mol. The van der Waals surface area contributed by atoms with Crippen molar-refractivity contribution in [2.75, 3.05) is 39.8 Å². The molecule has 0 amide bonds. The van der Waals surface area contributed by atoms with Crippen molar-refractivity contribution in [2.45, 2.75) is 24.2 Å². The van der Waals surface area contributed by atoms with Crippen LogP contribution in [-0.4, -0.2) is 74.2 Å². The van der Waals surface area contributed by atoms with Crippen LogP contribution in [-0.2, 0) is 10.0 Å². The minimum Gasteiger partial charge on any atom is -0.496 e. The van der Waals surface area contributed by atoms with Gasteiger partial charge < -0.3 is 14.8 Å². The first-order valence-corrected chi connectivity index (χ1v) is 12.7. The number of carbonyl (C=O) groups is 1. The van der Waals surface area contributed by atoms with E-state index in [1.165, 1.54) is 41.7 Å². The second kappa shape index (κ2) is 10.2. The van der Waals surface area contributed by atoms with E-state index in [-0.39, 0.29) is 41.2 Å². The molecule has 2 aliphatic rings. The number of ketones is 1. The summed E-state index contributed by atoms with van der Waals surface area (Å²) in [6.45, 7) is 2.44. The quantitative estimate of drug-likeness (QED) is 0.365. The van der Waals surface area contributed by atoms with Crippen LogP contribution in [0.1, 0.15) is 35.2 Å². The second-order valence-electron chi connectivity index (χ2n) is 8.56. The Morgan fingerprint density at radius 3 is 2.50 bits per heavy atom. The molecule has 1 N–H and O–H groups in total. The van der Waals surface area contributed by atoms with E-state index in [1.54, 1.807) is 12.1 Å². The lowest BCUT2D eigenvalue weighted by Crippen LogP contribution is -2.43. The average molecular weight is 490 g/mol. The third kappa shape index (κ3) is 4.84. The maximum Gasteiger partial charge on any atom is 0.244 e. The number of hydrogen-bond acceptors (Lipinski definition) is 7. The lowest BCUT2D eigenvalue weighted by Gasteiger charge is -2.33. The lowest BCUT2D eigenvalue weighted by molar-refractivity contribution is 0.0838. The summed E-state index contributed by atoms with van der Waals surface area (Å²) in [5.74, 6) is -0.0448. The largest absolute Gasteiger partial charge is 0.496 e. The van der Waals surface area contributed by atoms with Gasteiger partial charge in [-0.1, -0.05) is 11.2 Å². The molecule has 0 bridgehead atoms. The Morgan fingerprint density at radius 1 is 1.15 bits per heavy atom. The summed E-state index contributed by atoms with van der Waals surface area (Å²) in [5, 5.41) is 12.8. The van der Waals surface area contributed by atoms with E-state index >= 15 is 0 Å². The Labute approximate surface area is 198 Å². The zero-order valence-corrected chi connectivity index (χ0v) is 19.8. The number of oxime groups is 1. The van der Waals surface area contributed by atoms with Crippen molar-refractivity contribution >= 4 is 21.5 Å². The van der Waals surface area contributed by atoms with E-state index in [0.717, 1.165) is 13.1 Å². The highest BCUT2D eigenvalue weighted by Gasteiger charge is 2.37. The molecule has 2 aromatic carbocycles. The number of hydrogen-bond donors (Lipinski definition) is 1. The number of halogens is 1. The van der Waals surface area contributed by atoms with E-state index in [2.05, 4.69) is 10.1 Å². The number of Topliss-reactive ketones (excluding diaryl/α,β-unsaturated/α-hetero) is 1. The molecular weight excluding hydrogens is 461 g/mol. The van der Waals surface area contributed by atoms with Gasteiger partial charge in [0.15, 0.2) is 5.78 Å². The fourth-order valence-corrected chi connectivity index (χ4v) is 6.34. The summed E-state index contributed by atoms with van der Waals surface area (Å²) in [7, 11) is -2.30. The summed E-state index contributed by atoms with van der Waals surface area (Å²) < 4.78 is 46.0. The first-order valence-electron chi connectivity index (χ1n) is 11.3. The Bertz CT molecular complexity index is 1180. The van der Waals surface area contributed by atoms with Gasteiger partial charge in [0.05, 0.1) is 24.1 Å². The zero-order valence-electron chi connectivity index (χ0n) is 19.0. The topological polar surface area (TPSA) is 99.5 Å². The molecule has 4 rings (SSSR count). The highest BCUT2D eigenvalue weighted by Crippen LogP contribution is 2.33. The van der Waals surface area contributed by atoms with Crippen LogP contribution in [0.15, 0.2) is 52.5 Å². The van der Waals surface area contributed by atoms with Crippen molar-refractivity contribution in [3.05, 3.63) is 59.4 Å². The molecule has 34 heavy (non-hydrogen) atoms. The van der Waals surface area contributed by atoms with Gasteiger partial charge in [-0.3, -0.25) is 4.79 Å². The van der Waals surface area contributed by atoms with E-state index in [1.807, 2.05) is 0 Å². The third-order valence-electron chi connectivity index (χ3n) is 6.53. The number of methoxy groups -OCH3 is 1. The minimum absolute atomic E-state index is 0.0273. The zero-order chi connectivity index (χ0) is 24.3. The normalized spacial score (nSPS) is 20.2. The van der Waals surface area contributed by atoms with Gasteiger partial charge >= 0.3 is 0 Å². The van der Waals surface area contributed by atoms with Crippen molar-refractivity contribution in [3.63, 3.8) is 0 Å². The van der Waals surface area contributed by atoms with E-state index in [9.17, 15) is 22.8 Å². The Balaban J connectivity index is 1.33. The Morgan fingerprint density at radius 2 is 1.85 bits per heavy atom. The van der Waals surface area contributed by atoms with Crippen LogP contribution in [0.4, 0.5) is 4.39 Å². The fourth-order valence-electron chi connectivity index (χ4n) is 4.67. The van der Waals surface area contributed by atoms with Crippen LogP contribution in [0.3, 0.4) is 0 Å². The molecular formula is C24H28FN3O5S. The molecule has 0 spiro atoms. The molecule has 2 heterocycles. The molecule has 1 fully saturated rings. The molecule has 10 heteroatoms. The van der Waals surface area contributed by atoms with Gasteiger partial charge in [0.1, 0.15) is 17.3 Å². The number of nitrogens with zero attached hydrogens (tertiary/aromatic N) is 3. The van der Waals surface area contributed by atoms with Crippen LogP contribution in [0, 0.1) is 11.7 Å². The summed E-state index contributed by atoms with van der Waals surface area (Å²) in [4.78, 5) is 15.0. The molecule has 182 valence electrons. The number of piperidine rings is 1. The van der Waals surface area contributed by atoms with E-state index in [4.69, 9.17) is 4.74 Å². The lowest BCUT2D eigenvalue weighted by atomic mass is 9.89. The number of carbonyl (C=O) groups excluding carboxylic acids is 1. The smallest absolute Gasteiger partial charge is 0.244 e.